The van der Waals surface area contributed by atoms with Crippen molar-refractivity contribution >= 4 is 5.91 Å². The molecule has 3 heteroatoms. The molecular formula is C4H7N2O. The van der Waals surface area contributed by atoms with Crippen LogP contribution in [-0.4, -0.2) is 5.91 Å². The third-order valence-corrected chi connectivity index (χ3v) is 0.411. The van der Waals surface area contributed by atoms with Gasteiger partial charge in [0.2, 0.25) is 5.91 Å². The predicted octanol–water partition coefficient (Wildman–Crippen LogP) is -0.633. The fourth-order valence-corrected chi connectivity index (χ4v) is 0.155. The summed E-state index contributed by atoms with van der Waals surface area (Å²) in [5.74, 6) is 4.34. The Kier molecular flexibility index (Phi) is 2.96. The van der Waals surface area contributed by atoms with Gasteiger partial charge in [0.25, 0.3) is 0 Å². The van der Waals surface area contributed by atoms with Crippen LogP contribution in [0.1, 0.15) is 0 Å². The van der Waals surface area contributed by atoms with Crippen LogP contribution < -0.4 is 11.3 Å². The van der Waals surface area contributed by atoms with Gasteiger partial charge in [0.1, 0.15) is 0 Å². The summed E-state index contributed by atoms with van der Waals surface area (Å²) >= 11 is 0. The molecule has 0 bridgehead atoms. The molecule has 0 atom stereocenters. The molecule has 0 aliphatic rings. The molecule has 0 rings (SSSR count). The second-order valence-electron chi connectivity index (χ2n) is 0.911. The number of hydrazine groups is 1. The van der Waals surface area contributed by atoms with E-state index in [1.807, 2.05) is 5.43 Å². The molecule has 39 valence electrons. The molecule has 7 heavy (non-hydrogen) atoms. The monoisotopic (exact) mass is 99.1 g/mol. The van der Waals surface area contributed by atoms with Crippen molar-refractivity contribution in [2.75, 3.05) is 0 Å². The zero-order valence-electron chi connectivity index (χ0n) is 3.85. The number of carbonyl (C=O) groups is 1. The van der Waals surface area contributed by atoms with Crippen molar-refractivity contribution in [2.24, 2.45) is 5.84 Å². The fraction of sp³-hybridized carbons (Fsp3) is 0. The lowest BCUT2D eigenvalue weighted by atomic mass is 10.4. The third-order valence-electron chi connectivity index (χ3n) is 0.411. The molecule has 1 amide bonds. The first kappa shape index (κ1) is 6.17. The molecule has 0 spiro atoms. The number of nitrogens with one attached hydrogen (secondary N) is 1. The molecule has 0 aliphatic heterocycles. The van der Waals surface area contributed by atoms with Gasteiger partial charge in [-0.1, -0.05) is 6.08 Å². The number of hydrogen-bond donors (Lipinski definition) is 2. The van der Waals surface area contributed by atoms with Crippen LogP contribution >= 0.6 is 0 Å². The van der Waals surface area contributed by atoms with E-state index in [4.69, 9.17) is 0 Å². The minimum absolute atomic E-state index is 0.338. The third kappa shape index (κ3) is 2.99. The van der Waals surface area contributed by atoms with E-state index in [0.29, 0.717) is 0 Å². The largest absolute Gasteiger partial charge is 0.294 e. The highest BCUT2D eigenvalue weighted by atomic mass is 16.2. The summed E-state index contributed by atoms with van der Waals surface area (Å²) in [5.41, 5.74) is 1.90. The lowest BCUT2D eigenvalue weighted by Gasteiger charge is -1.88. The van der Waals surface area contributed by atoms with Crippen molar-refractivity contribution in [3.8, 4) is 0 Å². The first-order valence-corrected chi connectivity index (χ1v) is 1.77. The second-order valence-corrected chi connectivity index (χ2v) is 0.911. The number of nitrogens with two attached hydrogens (primary N) is 1. The van der Waals surface area contributed by atoms with E-state index in [0.717, 1.165) is 0 Å². The van der Waals surface area contributed by atoms with Crippen LogP contribution in [0.15, 0.2) is 12.7 Å². The Bertz CT molecular complexity index is 79.8. The SMILES string of the molecule is C=C[CH]C(=O)NN. The van der Waals surface area contributed by atoms with Crippen molar-refractivity contribution in [1.82, 2.24) is 5.43 Å². The Hall–Kier alpha value is -0.830. The van der Waals surface area contributed by atoms with Crippen LogP contribution in [0.2, 0.25) is 0 Å². The highest BCUT2D eigenvalue weighted by Gasteiger charge is 1.88. The maximum Gasteiger partial charge on any atom is 0.241 e. The topological polar surface area (TPSA) is 55.1 Å². The van der Waals surface area contributed by atoms with Gasteiger partial charge in [0, 0.05) is 0 Å². The molecule has 0 fully saturated rings. The standard InChI is InChI=1S/C4H7N2O/c1-2-3-4(7)6-5/h2-3H,1,5H2,(H,6,7). The molecule has 1 radical (unpaired) electrons. The van der Waals surface area contributed by atoms with E-state index in [1.165, 1.54) is 12.5 Å². The Morgan fingerprint density at radius 2 is 2.43 bits per heavy atom. The molecule has 0 saturated carbocycles. The number of amides is 1. The van der Waals surface area contributed by atoms with Gasteiger partial charge in [0.05, 0.1) is 6.42 Å². The lowest BCUT2D eigenvalue weighted by molar-refractivity contribution is -0.117. The summed E-state index contributed by atoms with van der Waals surface area (Å²) in [6.07, 6.45) is 2.60. The first-order chi connectivity index (χ1) is 3.31. The Morgan fingerprint density at radius 3 is 2.57 bits per heavy atom. The minimum atomic E-state index is -0.338. The second kappa shape index (κ2) is 3.36. The minimum Gasteiger partial charge on any atom is -0.294 e. The van der Waals surface area contributed by atoms with Crippen LogP contribution in [0.25, 0.3) is 0 Å². The molecule has 0 aromatic rings. The summed E-state index contributed by atoms with van der Waals surface area (Å²) in [6, 6.07) is 0. The Morgan fingerprint density at radius 1 is 1.86 bits per heavy atom. The molecule has 0 aliphatic carbocycles. The zero-order valence-corrected chi connectivity index (χ0v) is 3.85. The summed E-state index contributed by atoms with van der Waals surface area (Å²) < 4.78 is 0. The van der Waals surface area contributed by atoms with E-state index >= 15 is 0 Å². The highest BCUT2D eigenvalue weighted by Crippen LogP contribution is 1.71. The van der Waals surface area contributed by atoms with Crippen LogP contribution in [-0.2, 0) is 4.79 Å². The highest BCUT2D eigenvalue weighted by molar-refractivity contribution is 5.85. The maximum atomic E-state index is 10.0. The Labute approximate surface area is 42.2 Å². The molecule has 0 saturated heterocycles. The van der Waals surface area contributed by atoms with E-state index in [1.54, 1.807) is 0 Å². The van der Waals surface area contributed by atoms with Crippen molar-refractivity contribution < 1.29 is 4.79 Å². The quantitative estimate of drug-likeness (QED) is 0.275. The van der Waals surface area contributed by atoms with Gasteiger partial charge in [0.15, 0.2) is 0 Å². The summed E-state index contributed by atoms with van der Waals surface area (Å²) in [6.45, 7) is 3.28. The first-order valence-electron chi connectivity index (χ1n) is 1.77. The van der Waals surface area contributed by atoms with E-state index in [2.05, 4.69) is 12.4 Å². The van der Waals surface area contributed by atoms with Crippen LogP contribution in [0, 0.1) is 6.42 Å². The van der Waals surface area contributed by atoms with Crippen LogP contribution in [0.3, 0.4) is 0 Å². The van der Waals surface area contributed by atoms with Gasteiger partial charge in [-0.3, -0.25) is 10.2 Å². The number of carbonyl (C=O) groups excluding carboxylic acids is 1. The van der Waals surface area contributed by atoms with Gasteiger partial charge >= 0.3 is 0 Å². The van der Waals surface area contributed by atoms with Gasteiger partial charge in [-0.25, -0.2) is 5.84 Å². The van der Waals surface area contributed by atoms with Gasteiger partial charge in [-0.15, -0.1) is 6.58 Å². The molecule has 3 N–H and O–H groups in total. The number of hydrogen-bond acceptors (Lipinski definition) is 2. The lowest BCUT2D eigenvalue weighted by Crippen LogP contribution is -2.29. The van der Waals surface area contributed by atoms with Crippen LogP contribution in [0.5, 0.6) is 0 Å². The smallest absolute Gasteiger partial charge is 0.241 e. The molecule has 3 nitrogen and oxygen atoms in total. The van der Waals surface area contributed by atoms with Gasteiger partial charge in [-0.05, 0) is 0 Å². The van der Waals surface area contributed by atoms with Crippen molar-refractivity contribution in [3.05, 3.63) is 19.1 Å². The maximum absolute atomic E-state index is 10.0. The fourth-order valence-electron chi connectivity index (χ4n) is 0.155. The van der Waals surface area contributed by atoms with Crippen molar-refractivity contribution in [3.63, 3.8) is 0 Å². The summed E-state index contributed by atoms with van der Waals surface area (Å²) in [4.78, 5) is 10.0. The van der Waals surface area contributed by atoms with E-state index in [9.17, 15) is 4.79 Å². The summed E-state index contributed by atoms with van der Waals surface area (Å²) in [7, 11) is 0. The molecular weight excluding hydrogens is 92.1 g/mol. The predicted molar refractivity (Wildman–Crippen MR) is 26.8 cm³/mol. The average molecular weight is 99.1 g/mol. The van der Waals surface area contributed by atoms with Crippen LogP contribution in [0.4, 0.5) is 0 Å². The average Bonchev–Trinajstić information content (AvgIpc) is 1.68. The van der Waals surface area contributed by atoms with E-state index in [-0.39, 0.29) is 5.91 Å². The summed E-state index contributed by atoms with van der Waals surface area (Å²) in [5, 5.41) is 0. The van der Waals surface area contributed by atoms with Gasteiger partial charge < -0.3 is 0 Å². The van der Waals surface area contributed by atoms with Gasteiger partial charge in [-0.2, -0.15) is 0 Å². The van der Waals surface area contributed by atoms with E-state index < -0.39 is 0 Å². The normalized spacial score (nSPS) is 7.57. The van der Waals surface area contributed by atoms with Crippen molar-refractivity contribution in [1.29, 1.82) is 0 Å². The van der Waals surface area contributed by atoms with Crippen molar-refractivity contribution in [2.45, 2.75) is 0 Å². The molecule has 0 unspecified atom stereocenters. The Balaban J connectivity index is 3.17. The molecule has 0 heterocycles. The molecule has 0 aromatic carbocycles. The number of rotatable bonds is 2. The molecule has 0 aromatic heterocycles. The zero-order chi connectivity index (χ0) is 5.70.